The number of hydrogen-bond acceptors (Lipinski definition) is 2. The maximum atomic E-state index is 3.68. The second-order valence-electron chi connectivity index (χ2n) is 5.99. The van der Waals surface area contributed by atoms with Gasteiger partial charge in [0.25, 0.3) is 0 Å². The van der Waals surface area contributed by atoms with E-state index in [0.29, 0.717) is 11.5 Å². The van der Waals surface area contributed by atoms with Crippen molar-refractivity contribution in [2.45, 2.75) is 59.9 Å². The zero-order valence-electron chi connectivity index (χ0n) is 12.3. The Hall–Kier alpha value is -0.0800. The van der Waals surface area contributed by atoms with E-state index < -0.39 is 0 Å². The molecule has 1 atom stereocenters. The van der Waals surface area contributed by atoms with Crippen LogP contribution in [0.1, 0.15) is 53.9 Å². The number of likely N-dealkylation sites (N-methyl/N-ethyl adjacent to an activating group) is 1. The smallest absolute Gasteiger partial charge is 0.0243 e. The van der Waals surface area contributed by atoms with Gasteiger partial charge in [0.05, 0.1) is 0 Å². The van der Waals surface area contributed by atoms with Crippen molar-refractivity contribution in [3.8, 4) is 0 Å². The fraction of sp³-hybridized carbons (Fsp3) is 1.00. The van der Waals surface area contributed by atoms with Gasteiger partial charge in [-0.1, -0.05) is 41.0 Å². The van der Waals surface area contributed by atoms with Crippen molar-refractivity contribution in [2.75, 3.05) is 26.7 Å². The zero-order valence-corrected chi connectivity index (χ0v) is 12.3. The van der Waals surface area contributed by atoms with Gasteiger partial charge in [0.15, 0.2) is 0 Å². The third-order valence-electron chi connectivity index (χ3n) is 3.07. The van der Waals surface area contributed by atoms with Crippen LogP contribution >= 0.6 is 0 Å². The van der Waals surface area contributed by atoms with E-state index in [9.17, 15) is 0 Å². The quantitative estimate of drug-likeness (QED) is 0.686. The average Bonchev–Trinajstić information content (AvgIpc) is 2.19. The summed E-state index contributed by atoms with van der Waals surface area (Å²) in [6, 6.07) is 0.592. The van der Waals surface area contributed by atoms with E-state index in [1.165, 1.54) is 25.8 Å². The summed E-state index contributed by atoms with van der Waals surface area (Å²) in [6.45, 7) is 15.0. The summed E-state index contributed by atoms with van der Waals surface area (Å²) in [5.74, 6) is 0. The van der Waals surface area contributed by atoms with Crippen LogP contribution in [0.3, 0.4) is 0 Å². The molecule has 0 saturated heterocycles. The maximum Gasteiger partial charge on any atom is 0.0243 e. The van der Waals surface area contributed by atoms with Gasteiger partial charge in [-0.05, 0) is 38.4 Å². The summed E-state index contributed by atoms with van der Waals surface area (Å²) in [5.41, 5.74) is 0.343. The van der Waals surface area contributed by atoms with E-state index >= 15 is 0 Å². The van der Waals surface area contributed by atoms with E-state index in [1.807, 2.05) is 0 Å². The largest absolute Gasteiger partial charge is 0.312 e. The lowest BCUT2D eigenvalue weighted by atomic mass is 9.86. The molecule has 0 radical (unpaired) electrons. The van der Waals surface area contributed by atoms with Crippen molar-refractivity contribution in [1.29, 1.82) is 0 Å². The van der Waals surface area contributed by atoms with Crippen LogP contribution in [0.2, 0.25) is 0 Å². The van der Waals surface area contributed by atoms with E-state index in [4.69, 9.17) is 0 Å². The minimum Gasteiger partial charge on any atom is -0.312 e. The van der Waals surface area contributed by atoms with Crippen LogP contribution in [0.15, 0.2) is 0 Å². The SMILES string of the molecule is CCCCN(C)CC(NCCC)C(C)(C)C. The van der Waals surface area contributed by atoms with Crippen molar-refractivity contribution >= 4 is 0 Å². The van der Waals surface area contributed by atoms with Crippen LogP contribution < -0.4 is 5.32 Å². The molecule has 2 heteroatoms. The number of nitrogens with zero attached hydrogens (tertiary/aromatic N) is 1. The molecule has 0 amide bonds. The van der Waals surface area contributed by atoms with E-state index in [-0.39, 0.29) is 0 Å². The molecule has 0 bridgehead atoms. The first-order valence-corrected chi connectivity index (χ1v) is 6.83. The number of unbranched alkanes of at least 4 members (excludes halogenated alkanes) is 1. The topological polar surface area (TPSA) is 15.3 Å². The number of nitrogens with one attached hydrogen (secondary N) is 1. The van der Waals surface area contributed by atoms with Crippen LogP contribution in [0.4, 0.5) is 0 Å². The Morgan fingerprint density at radius 1 is 1.12 bits per heavy atom. The highest BCUT2D eigenvalue weighted by atomic mass is 15.1. The summed E-state index contributed by atoms with van der Waals surface area (Å²) in [4.78, 5) is 2.46. The molecule has 0 fully saturated rings. The summed E-state index contributed by atoms with van der Waals surface area (Å²) < 4.78 is 0. The predicted molar refractivity (Wildman–Crippen MR) is 73.9 cm³/mol. The highest BCUT2D eigenvalue weighted by molar-refractivity contribution is 4.82. The Balaban J connectivity index is 4.09. The highest BCUT2D eigenvalue weighted by Crippen LogP contribution is 2.20. The van der Waals surface area contributed by atoms with Crippen molar-refractivity contribution in [1.82, 2.24) is 10.2 Å². The third kappa shape index (κ3) is 7.24. The van der Waals surface area contributed by atoms with Gasteiger partial charge >= 0.3 is 0 Å². The fourth-order valence-corrected chi connectivity index (χ4v) is 1.79. The van der Waals surface area contributed by atoms with E-state index in [0.717, 1.165) is 13.1 Å². The Kier molecular flexibility index (Phi) is 8.04. The zero-order chi connectivity index (χ0) is 12.6. The summed E-state index contributed by atoms with van der Waals surface area (Å²) in [7, 11) is 2.24. The normalized spacial score (nSPS) is 14.4. The van der Waals surface area contributed by atoms with Gasteiger partial charge in [-0.15, -0.1) is 0 Å². The van der Waals surface area contributed by atoms with Gasteiger partial charge in [0.1, 0.15) is 0 Å². The molecular weight excluding hydrogens is 196 g/mol. The standard InChI is InChI=1S/C14H32N2/c1-7-9-11-16(6)12-13(14(3,4)5)15-10-8-2/h13,15H,7-12H2,1-6H3. The molecule has 0 aliphatic rings. The van der Waals surface area contributed by atoms with E-state index in [1.54, 1.807) is 0 Å². The molecule has 0 aliphatic heterocycles. The van der Waals surface area contributed by atoms with Gasteiger partial charge in [-0.2, -0.15) is 0 Å². The highest BCUT2D eigenvalue weighted by Gasteiger charge is 2.24. The summed E-state index contributed by atoms with van der Waals surface area (Å²) >= 11 is 0. The van der Waals surface area contributed by atoms with Gasteiger partial charge in [-0.25, -0.2) is 0 Å². The lowest BCUT2D eigenvalue weighted by Crippen LogP contribution is -2.48. The predicted octanol–water partition coefficient (Wildman–Crippen LogP) is 3.13. The monoisotopic (exact) mass is 228 g/mol. The molecule has 2 nitrogen and oxygen atoms in total. The van der Waals surface area contributed by atoms with Crippen molar-refractivity contribution in [3.05, 3.63) is 0 Å². The molecule has 0 rings (SSSR count). The van der Waals surface area contributed by atoms with Crippen molar-refractivity contribution < 1.29 is 0 Å². The third-order valence-corrected chi connectivity index (χ3v) is 3.07. The lowest BCUT2D eigenvalue weighted by molar-refractivity contribution is 0.193. The molecule has 0 aromatic rings. The minimum absolute atomic E-state index is 0.343. The molecule has 0 heterocycles. The molecule has 0 aromatic heterocycles. The van der Waals surface area contributed by atoms with Crippen LogP contribution in [-0.4, -0.2) is 37.6 Å². The minimum atomic E-state index is 0.343. The van der Waals surface area contributed by atoms with Crippen molar-refractivity contribution in [2.24, 2.45) is 5.41 Å². The molecule has 1 unspecified atom stereocenters. The van der Waals surface area contributed by atoms with Gasteiger partial charge < -0.3 is 10.2 Å². The first kappa shape index (κ1) is 15.9. The molecule has 16 heavy (non-hydrogen) atoms. The van der Waals surface area contributed by atoms with Crippen molar-refractivity contribution in [3.63, 3.8) is 0 Å². The summed E-state index contributed by atoms with van der Waals surface area (Å²) in [5, 5.41) is 3.68. The number of hydrogen-bond donors (Lipinski definition) is 1. The van der Waals surface area contributed by atoms with Gasteiger partial charge in [0, 0.05) is 12.6 Å². The van der Waals surface area contributed by atoms with Crippen LogP contribution in [0, 0.1) is 5.41 Å². The Bertz CT molecular complexity index is 161. The summed E-state index contributed by atoms with van der Waals surface area (Å²) in [6.07, 6.45) is 3.80. The molecular formula is C14H32N2. The molecule has 1 N–H and O–H groups in total. The number of rotatable bonds is 8. The average molecular weight is 228 g/mol. The van der Waals surface area contributed by atoms with Crippen LogP contribution in [0.5, 0.6) is 0 Å². The first-order chi connectivity index (χ1) is 7.41. The Morgan fingerprint density at radius 3 is 2.19 bits per heavy atom. The maximum absolute atomic E-state index is 3.68. The van der Waals surface area contributed by atoms with Crippen LogP contribution in [0.25, 0.3) is 0 Å². The lowest BCUT2D eigenvalue weighted by Gasteiger charge is -2.35. The fourth-order valence-electron chi connectivity index (χ4n) is 1.79. The Morgan fingerprint density at radius 2 is 1.75 bits per heavy atom. The second-order valence-corrected chi connectivity index (χ2v) is 5.99. The molecule has 0 spiro atoms. The van der Waals surface area contributed by atoms with E-state index in [2.05, 4.69) is 51.9 Å². The molecule has 0 aromatic carbocycles. The van der Waals surface area contributed by atoms with Crippen LogP contribution in [-0.2, 0) is 0 Å². The molecule has 0 saturated carbocycles. The first-order valence-electron chi connectivity index (χ1n) is 6.83. The molecule has 98 valence electrons. The van der Waals surface area contributed by atoms with Gasteiger partial charge in [-0.3, -0.25) is 0 Å². The van der Waals surface area contributed by atoms with Gasteiger partial charge in [0.2, 0.25) is 0 Å². The second kappa shape index (κ2) is 8.08. The molecule has 0 aliphatic carbocycles. The Labute approximate surface area is 103 Å².